The van der Waals surface area contributed by atoms with Crippen LogP contribution in [0.15, 0.2) is 36.4 Å². The Morgan fingerprint density at radius 2 is 1.56 bits per heavy atom. The molecule has 5 nitrogen and oxygen atoms in total. The average molecular weight is 366 g/mol. The first-order valence-electron chi connectivity index (χ1n) is 8.48. The molecule has 0 saturated carbocycles. The van der Waals surface area contributed by atoms with Gasteiger partial charge in [0.2, 0.25) is 0 Å². The van der Waals surface area contributed by atoms with Crippen molar-refractivity contribution < 1.29 is 23.9 Å². The Bertz CT molecular complexity index is 930. The predicted molar refractivity (Wildman–Crippen MR) is 102 cm³/mol. The topological polar surface area (TPSA) is 69.7 Å². The summed E-state index contributed by atoms with van der Waals surface area (Å²) in [5.74, 6) is 3.87. The fourth-order valence-electron chi connectivity index (χ4n) is 3.15. The highest BCUT2D eigenvalue weighted by Gasteiger charge is 2.48. The number of benzene rings is 2. The number of Topliss-reactive ketones (excluding diaryl/α,β-unsaturated/α-hetero) is 1. The monoisotopic (exact) mass is 366 g/mol. The van der Waals surface area contributed by atoms with Crippen molar-refractivity contribution in [2.45, 2.75) is 26.7 Å². The van der Waals surface area contributed by atoms with Crippen LogP contribution >= 0.6 is 0 Å². The van der Waals surface area contributed by atoms with Gasteiger partial charge >= 0.3 is 11.9 Å². The molecule has 2 aromatic carbocycles. The SMILES string of the molecule is CC#CCC(Cc1cc2ccccc2cc1C(C)=O)(C(=O)OC)C(=O)OC. The van der Waals surface area contributed by atoms with Crippen molar-refractivity contribution in [1.29, 1.82) is 0 Å². The smallest absolute Gasteiger partial charge is 0.324 e. The highest BCUT2D eigenvalue weighted by Crippen LogP contribution is 2.33. The third-order valence-corrected chi connectivity index (χ3v) is 4.56. The van der Waals surface area contributed by atoms with Gasteiger partial charge in [-0.15, -0.1) is 11.8 Å². The molecule has 0 aliphatic rings. The fourth-order valence-corrected chi connectivity index (χ4v) is 3.15. The highest BCUT2D eigenvalue weighted by molar-refractivity contribution is 6.03. The number of hydrogen-bond donors (Lipinski definition) is 0. The van der Waals surface area contributed by atoms with Crippen molar-refractivity contribution >= 4 is 28.5 Å². The van der Waals surface area contributed by atoms with Crippen molar-refractivity contribution in [3.05, 3.63) is 47.5 Å². The molecule has 0 atom stereocenters. The summed E-state index contributed by atoms with van der Waals surface area (Å²) in [6, 6.07) is 11.2. The van der Waals surface area contributed by atoms with E-state index in [1.54, 1.807) is 13.0 Å². The molecule has 0 saturated heterocycles. The van der Waals surface area contributed by atoms with Gasteiger partial charge in [-0.05, 0) is 36.2 Å². The minimum atomic E-state index is -1.64. The van der Waals surface area contributed by atoms with Crippen molar-refractivity contribution in [2.75, 3.05) is 14.2 Å². The summed E-state index contributed by atoms with van der Waals surface area (Å²) in [5, 5.41) is 1.81. The predicted octanol–water partition coefficient (Wildman–Crippen LogP) is 3.33. The molecule has 0 radical (unpaired) electrons. The van der Waals surface area contributed by atoms with Crippen molar-refractivity contribution in [1.82, 2.24) is 0 Å². The number of methoxy groups -OCH3 is 2. The Morgan fingerprint density at radius 3 is 2.04 bits per heavy atom. The Hall–Kier alpha value is -3.13. The van der Waals surface area contributed by atoms with Crippen LogP contribution in [0.1, 0.15) is 36.2 Å². The van der Waals surface area contributed by atoms with E-state index in [4.69, 9.17) is 9.47 Å². The second kappa shape index (κ2) is 8.50. The highest BCUT2D eigenvalue weighted by atomic mass is 16.5. The molecule has 0 N–H and O–H groups in total. The van der Waals surface area contributed by atoms with Crippen LogP contribution in [0.5, 0.6) is 0 Å². The van der Waals surface area contributed by atoms with E-state index in [0.29, 0.717) is 11.1 Å². The zero-order chi connectivity index (χ0) is 20.0. The lowest BCUT2D eigenvalue weighted by Crippen LogP contribution is -2.43. The molecule has 0 unspecified atom stereocenters. The summed E-state index contributed by atoms with van der Waals surface area (Å²) in [5.41, 5.74) is -0.607. The maximum absolute atomic E-state index is 12.6. The minimum absolute atomic E-state index is 0.0409. The van der Waals surface area contributed by atoms with Crippen LogP contribution in [-0.2, 0) is 25.5 Å². The van der Waals surface area contributed by atoms with Gasteiger partial charge in [0.15, 0.2) is 11.2 Å². The number of carbonyl (C=O) groups excluding carboxylic acids is 3. The van der Waals surface area contributed by atoms with E-state index in [1.807, 2.05) is 30.3 Å². The van der Waals surface area contributed by atoms with E-state index in [1.165, 1.54) is 21.1 Å². The molecular weight excluding hydrogens is 344 g/mol. The maximum Gasteiger partial charge on any atom is 0.324 e. The Kier molecular flexibility index (Phi) is 6.36. The normalized spacial score (nSPS) is 10.7. The first kappa shape index (κ1) is 20.2. The molecule has 27 heavy (non-hydrogen) atoms. The first-order valence-corrected chi connectivity index (χ1v) is 8.48. The van der Waals surface area contributed by atoms with Crippen molar-refractivity contribution in [3.8, 4) is 11.8 Å². The molecule has 140 valence electrons. The molecule has 0 bridgehead atoms. The van der Waals surface area contributed by atoms with Gasteiger partial charge in [0.05, 0.1) is 14.2 Å². The van der Waals surface area contributed by atoms with Crippen LogP contribution in [-0.4, -0.2) is 31.9 Å². The number of esters is 2. The molecule has 0 spiro atoms. The van der Waals surface area contributed by atoms with E-state index < -0.39 is 17.4 Å². The molecule has 0 amide bonds. The Balaban J connectivity index is 2.69. The van der Waals surface area contributed by atoms with Crippen LogP contribution in [0, 0.1) is 17.3 Å². The maximum atomic E-state index is 12.6. The van der Waals surface area contributed by atoms with E-state index in [-0.39, 0.29) is 18.6 Å². The van der Waals surface area contributed by atoms with Crippen LogP contribution in [0.25, 0.3) is 10.8 Å². The number of carbonyl (C=O) groups is 3. The van der Waals surface area contributed by atoms with Crippen molar-refractivity contribution in [3.63, 3.8) is 0 Å². The summed E-state index contributed by atoms with van der Waals surface area (Å²) in [6.07, 6.45) is -0.103. The summed E-state index contributed by atoms with van der Waals surface area (Å²) >= 11 is 0. The third kappa shape index (κ3) is 4.01. The van der Waals surface area contributed by atoms with Crippen LogP contribution in [0.4, 0.5) is 0 Å². The van der Waals surface area contributed by atoms with Crippen LogP contribution < -0.4 is 0 Å². The van der Waals surface area contributed by atoms with Crippen LogP contribution in [0.2, 0.25) is 0 Å². The summed E-state index contributed by atoms with van der Waals surface area (Å²) < 4.78 is 9.81. The minimum Gasteiger partial charge on any atom is -0.468 e. The van der Waals surface area contributed by atoms with Crippen LogP contribution in [0.3, 0.4) is 0 Å². The summed E-state index contributed by atoms with van der Waals surface area (Å²) in [6.45, 7) is 3.08. The van der Waals surface area contributed by atoms with Gasteiger partial charge in [0.25, 0.3) is 0 Å². The third-order valence-electron chi connectivity index (χ3n) is 4.56. The second-order valence-corrected chi connectivity index (χ2v) is 6.26. The zero-order valence-electron chi connectivity index (χ0n) is 15.9. The van der Waals surface area contributed by atoms with E-state index in [9.17, 15) is 14.4 Å². The quantitative estimate of drug-likeness (QED) is 0.339. The average Bonchev–Trinajstić information content (AvgIpc) is 2.69. The Labute approximate surface area is 158 Å². The molecule has 0 heterocycles. The van der Waals surface area contributed by atoms with E-state index in [2.05, 4.69) is 11.8 Å². The van der Waals surface area contributed by atoms with Gasteiger partial charge in [-0.25, -0.2) is 0 Å². The van der Waals surface area contributed by atoms with E-state index >= 15 is 0 Å². The number of hydrogen-bond acceptors (Lipinski definition) is 5. The molecule has 0 fully saturated rings. The second-order valence-electron chi connectivity index (χ2n) is 6.26. The molecule has 0 aliphatic heterocycles. The molecule has 0 aromatic heterocycles. The summed E-state index contributed by atoms with van der Waals surface area (Å²) in [4.78, 5) is 37.5. The molecule has 2 rings (SSSR count). The van der Waals surface area contributed by atoms with E-state index in [0.717, 1.165) is 10.8 Å². The van der Waals surface area contributed by atoms with Crippen molar-refractivity contribution in [2.24, 2.45) is 5.41 Å². The first-order chi connectivity index (χ1) is 12.9. The lowest BCUT2D eigenvalue weighted by atomic mass is 9.77. The Morgan fingerprint density at radius 1 is 1.00 bits per heavy atom. The molecule has 0 aliphatic carbocycles. The van der Waals surface area contributed by atoms with Gasteiger partial charge in [0, 0.05) is 18.4 Å². The van der Waals surface area contributed by atoms with Gasteiger partial charge in [-0.1, -0.05) is 30.3 Å². The van der Waals surface area contributed by atoms with Gasteiger partial charge in [-0.3, -0.25) is 14.4 Å². The molecular formula is C22H22O5. The molecule has 2 aromatic rings. The number of fused-ring (bicyclic) bond motifs is 1. The van der Waals surface area contributed by atoms with Gasteiger partial charge < -0.3 is 9.47 Å². The standard InChI is InChI=1S/C22H22O5/c1-5-6-11-22(20(24)26-3,21(25)27-4)14-18-12-16-9-7-8-10-17(16)13-19(18)15(2)23/h7-10,12-13H,11,14H2,1-4H3. The number of ketones is 1. The zero-order valence-corrected chi connectivity index (χ0v) is 15.9. The van der Waals surface area contributed by atoms with Gasteiger partial charge in [-0.2, -0.15) is 0 Å². The lowest BCUT2D eigenvalue weighted by molar-refractivity contribution is -0.168. The fraction of sp³-hybridized carbons (Fsp3) is 0.318. The largest absolute Gasteiger partial charge is 0.468 e. The number of ether oxygens (including phenoxy) is 2. The summed E-state index contributed by atoms with van der Waals surface area (Å²) in [7, 11) is 2.43. The molecule has 5 heteroatoms. The lowest BCUT2D eigenvalue weighted by Gasteiger charge is -2.27. The number of rotatable bonds is 6. The van der Waals surface area contributed by atoms with Gasteiger partial charge in [0.1, 0.15) is 0 Å².